The summed E-state index contributed by atoms with van der Waals surface area (Å²) >= 11 is 0. The van der Waals surface area contributed by atoms with Gasteiger partial charge in [0.25, 0.3) is 5.56 Å². The summed E-state index contributed by atoms with van der Waals surface area (Å²) in [6, 6.07) is 15.4. The molecule has 0 N–H and O–H groups in total. The SMILES string of the molecule is C=Cc1ccc(Cn2ncn3nc(-c4ccc(F)cc4)cc3c2=O)cc1. The van der Waals surface area contributed by atoms with E-state index in [9.17, 15) is 9.18 Å². The van der Waals surface area contributed by atoms with Crippen LogP contribution in [0.3, 0.4) is 0 Å². The molecule has 2 aromatic heterocycles. The van der Waals surface area contributed by atoms with Crippen LogP contribution in [-0.2, 0) is 6.54 Å². The van der Waals surface area contributed by atoms with Gasteiger partial charge in [0.15, 0.2) is 0 Å². The molecule has 0 aliphatic rings. The molecule has 6 heteroatoms. The average Bonchev–Trinajstić information content (AvgIpc) is 3.10. The molecule has 0 saturated heterocycles. The van der Waals surface area contributed by atoms with E-state index >= 15 is 0 Å². The summed E-state index contributed by atoms with van der Waals surface area (Å²) in [5.41, 5.74) is 3.50. The monoisotopic (exact) mass is 346 g/mol. The van der Waals surface area contributed by atoms with Gasteiger partial charge < -0.3 is 0 Å². The van der Waals surface area contributed by atoms with Crippen LogP contribution in [0.5, 0.6) is 0 Å². The molecule has 0 fully saturated rings. The summed E-state index contributed by atoms with van der Waals surface area (Å²) < 4.78 is 15.9. The lowest BCUT2D eigenvalue weighted by atomic mass is 10.1. The first-order valence-corrected chi connectivity index (χ1v) is 8.07. The molecule has 26 heavy (non-hydrogen) atoms. The molecule has 128 valence electrons. The molecule has 5 nitrogen and oxygen atoms in total. The van der Waals surface area contributed by atoms with E-state index in [1.807, 2.05) is 24.3 Å². The number of rotatable bonds is 4. The Morgan fingerprint density at radius 1 is 1.08 bits per heavy atom. The van der Waals surface area contributed by atoms with Crippen molar-refractivity contribution in [3.05, 3.63) is 94.8 Å². The minimum atomic E-state index is -0.316. The van der Waals surface area contributed by atoms with Crippen LogP contribution in [0, 0.1) is 5.82 Å². The lowest BCUT2D eigenvalue weighted by Gasteiger charge is -2.05. The number of hydrogen-bond acceptors (Lipinski definition) is 3. The molecule has 0 unspecified atom stereocenters. The zero-order chi connectivity index (χ0) is 18.1. The summed E-state index contributed by atoms with van der Waals surface area (Å²) in [4.78, 5) is 12.7. The van der Waals surface area contributed by atoms with Crippen molar-refractivity contribution >= 4 is 11.6 Å². The summed E-state index contributed by atoms with van der Waals surface area (Å²) in [6.07, 6.45) is 3.27. The molecule has 0 aliphatic heterocycles. The summed E-state index contributed by atoms with van der Waals surface area (Å²) in [5.74, 6) is -0.316. The Balaban J connectivity index is 1.71. The Bertz CT molecular complexity index is 1140. The van der Waals surface area contributed by atoms with Gasteiger partial charge in [0.2, 0.25) is 0 Å². The fourth-order valence-corrected chi connectivity index (χ4v) is 2.74. The van der Waals surface area contributed by atoms with Crippen LogP contribution in [0.25, 0.3) is 22.9 Å². The van der Waals surface area contributed by atoms with Gasteiger partial charge in [-0.25, -0.2) is 13.6 Å². The van der Waals surface area contributed by atoms with E-state index in [2.05, 4.69) is 16.8 Å². The molecular weight excluding hydrogens is 331 g/mol. The maximum absolute atomic E-state index is 13.1. The summed E-state index contributed by atoms with van der Waals surface area (Å²) in [5, 5.41) is 8.54. The predicted octanol–water partition coefficient (Wildman–Crippen LogP) is 3.39. The van der Waals surface area contributed by atoms with Crippen molar-refractivity contribution < 1.29 is 4.39 Å². The van der Waals surface area contributed by atoms with Crippen molar-refractivity contribution in [2.45, 2.75) is 6.54 Å². The second-order valence-electron chi connectivity index (χ2n) is 5.91. The number of fused-ring (bicyclic) bond motifs is 1. The quantitative estimate of drug-likeness (QED) is 0.569. The zero-order valence-corrected chi connectivity index (χ0v) is 13.8. The molecule has 2 aromatic carbocycles. The number of benzene rings is 2. The van der Waals surface area contributed by atoms with Crippen molar-refractivity contribution in [3.63, 3.8) is 0 Å². The third kappa shape index (κ3) is 2.93. The highest BCUT2D eigenvalue weighted by Crippen LogP contribution is 2.18. The van der Waals surface area contributed by atoms with E-state index in [0.29, 0.717) is 17.8 Å². The molecule has 0 aliphatic carbocycles. The first-order valence-electron chi connectivity index (χ1n) is 8.07. The maximum Gasteiger partial charge on any atom is 0.293 e. The molecule has 0 atom stereocenters. The highest BCUT2D eigenvalue weighted by atomic mass is 19.1. The van der Waals surface area contributed by atoms with Crippen LogP contribution in [-0.4, -0.2) is 19.4 Å². The normalized spacial score (nSPS) is 11.0. The van der Waals surface area contributed by atoms with Gasteiger partial charge >= 0.3 is 0 Å². The number of aromatic nitrogens is 4. The topological polar surface area (TPSA) is 52.2 Å². The van der Waals surface area contributed by atoms with Crippen LogP contribution >= 0.6 is 0 Å². The van der Waals surface area contributed by atoms with Crippen molar-refractivity contribution in [2.24, 2.45) is 0 Å². The van der Waals surface area contributed by atoms with Crippen LogP contribution in [0.1, 0.15) is 11.1 Å². The van der Waals surface area contributed by atoms with Gasteiger partial charge in [-0.15, -0.1) is 0 Å². The fraction of sp³-hybridized carbons (Fsp3) is 0.0500. The Morgan fingerprint density at radius 2 is 1.81 bits per heavy atom. The number of halogens is 1. The van der Waals surface area contributed by atoms with Crippen LogP contribution in [0.2, 0.25) is 0 Å². The lowest BCUT2D eigenvalue weighted by molar-refractivity contribution is 0.620. The highest BCUT2D eigenvalue weighted by Gasteiger charge is 2.10. The van der Waals surface area contributed by atoms with Crippen LogP contribution < -0.4 is 5.56 Å². The van der Waals surface area contributed by atoms with Gasteiger partial charge in [-0.05, 0) is 41.5 Å². The molecule has 4 aromatic rings. The van der Waals surface area contributed by atoms with E-state index in [4.69, 9.17) is 0 Å². The molecule has 0 saturated carbocycles. The van der Waals surface area contributed by atoms with Crippen LogP contribution in [0.4, 0.5) is 4.39 Å². The van der Waals surface area contributed by atoms with E-state index < -0.39 is 0 Å². The van der Waals surface area contributed by atoms with Gasteiger partial charge in [0.05, 0.1) is 12.2 Å². The van der Waals surface area contributed by atoms with Gasteiger partial charge in [0, 0.05) is 5.56 Å². The molecule has 0 radical (unpaired) electrons. The van der Waals surface area contributed by atoms with Crippen molar-refractivity contribution in [1.29, 1.82) is 0 Å². The second-order valence-corrected chi connectivity index (χ2v) is 5.91. The highest BCUT2D eigenvalue weighted by molar-refractivity contribution is 5.65. The number of nitrogens with zero attached hydrogens (tertiary/aromatic N) is 4. The summed E-state index contributed by atoms with van der Waals surface area (Å²) in [7, 11) is 0. The molecule has 0 bridgehead atoms. The van der Waals surface area contributed by atoms with Crippen molar-refractivity contribution in [3.8, 4) is 11.3 Å². The third-order valence-electron chi connectivity index (χ3n) is 4.18. The average molecular weight is 346 g/mol. The third-order valence-corrected chi connectivity index (χ3v) is 4.18. The van der Waals surface area contributed by atoms with Crippen molar-refractivity contribution in [1.82, 2.24) is 19.4 Å². The van der Waals surface area contributed by atoms with Crippen LogP contribution in [0.15, 0.2) is 72.3 Å². The molecule has 2 heterocycles. The Hall–Kier alpha value is -3.54. The summed E-state index contributed by atoms with van der Waals surface area (Å²) in [6.45, 7) is 4.09. The van der Waals surface area contributed by atoms with Crippen molar-refractivity contribution in [2.75, 3.05) is 0 Å². The van der Waals surface area contributed by atoms with Gasteiger partial charge in [-0.2, -0.15) is 10.2 Å². The standard InChI is InChI=1S/C20H15FN4O/c1-2-14-3-5-15(6-4-14)12-24-20(26)19-11-18(23-25(19)13-22-24)16-7-9-17(21)10-8-16/h2-11,13H,1,12H2. The van der Waals surface area contributed by atoms with E-state index in [-0.39, 0.29) is 11.4 Å². The zero-order valence-electron chi connectivity index (χ0n) is 13.8. The van der Waals surface area contributed by atoms with E-state index in [1.165, 1.54) is 27.7 Å². The maximum atomic E-state index is 13.1. The Kier molecular flexibility index (Phi) is 3.93. The Morgan fingerprint density at radius 3 is 2.50 bits per heavy atom. The molecular formula is C20H15FN4O. The van der Waals surface area contributed by atoms with Gasteiger partial charge in [0.1, 0.15) is 17.7 Å². The van der Waals surface area contributed by atoms with E-state index in [0.717, 1.165) is 16.7 Å². The first kappa shape index (κ1) is 16.0. The minimum absolute atomic E-state index is 0.235. The minimum Gasteiger partial charge on any atom is -0.265 e. The predicted molar refractivity (Wildman–Crippen MR) is 98.3 cm³/mol. The first-order chi connectivity index (χ1) is 12.6. The van der Waals surface area contributed by atoms with Gasteiger partial charge in [-0.3, -0.25) is 4.79 Å². The largest absolute Gasteiger partial charge is 0.293 e. The Labute approximate surface area is 148 Å². The molecule has 0 amide bonds. The van der Waals surface area contributed by atoms with E-state index in [1.54, 1.807) is 24.3 Å². The molecule has 0 spiro atoms. The second kappa shape index (κ2) is 6.40. The number of hydrogen-bond donors (Lipinski definition) is 0. The van der Waals surface area contributed by atoms with Gasteiger partial charge in [-0.1, -0.05) is 36.9 Å². The molecule has 4 rings (SSSR count). The fourth-order valence-electron chi connectivity index (χ4n) is 2.74. The lowest BCUT2D eigenvalue weighted by Crippen LogP contribution is -2.25. The smallest absolute Gasteiger partial charge is 0.265 e.